The summed E-state index contributed by atoms with van der Waals surface area (Å²) in [7, 11) is 1.65. The van der Waals surface area contributed by atoms with Crippen molar-refractivity contribution in [1.82, 2.24) is 10.2 Å². The van der Waals surface area contributed by atoms with Crippen LogP contribution >= 0.6 is 23.7 Å². The van der Waals surface area contributed by atoms with Crippen LogP contribution in [0.3, 0.4) is 0 Å². The molecule has 1 saturated carbocycles. The molecule has 2 heterocycles. The van der Waals surface area contributed by atoms with Gasteiger partial charge in [-0.1, -0.05) is 0 Å². The molecule has 2 fully saturated rings. The van der Waals surface area contributed by atoms with E-state index in [1.54, 1.807) is 18.4 Å². The van der Waals surface area contributed by atoms with Crippen LogP contribution in [0, 0.1) is 5.41 Å². The molecule has 0 radical (unpaired) electrons. The van der Waals surface area contributed by atoms with E-state index < -0.39 is 0 Å². The largest absolute Gasteiger partial charge is 0.384 e. The highest BCUT2D eigenvalue weighted by molar-refractivity contribution is 7.07. The second-order valence-electron chi connectivity index (χ2n) is 6.23. The number of nitrogens with zero attached hydrogens (tertiary/aromatic N) is 1. The third-order valence-corrected chi connectivity index (χ3v) is 5.63. The molecule has 1 amide bonds. The van der Waals surface area contributed by atoms with Crippen LogP contribution < -0.4 is 5.32 Å². The lowest BCUT2D eigenvalue weighted by atomic mass is 9.93. The number of hydrogen-bond acceptors (Lipinski definition) is 4. The topological polar surface area (TPSA) is 41.6 Å². The van der Waals surface area contributed by atoms with E-state index in [4.69, 9.17) is 4.74 Å². The quantitative estimate of drug-likeness (QED) is 0.862. The van der Waals surface area contributed by atoms with Gasteiger partial charge in [-0.25, -0.2) is 0 Å². The summed E-state index contributed by atoms with van der Waals surface area (Å²) in [5, 5.41) is 7.66. The van der Waals surface area contributed by atoms with Crippen molar-refractivity contribution in [2.24, 2.45) is 5.41 Å². The second kappa shape index (κ2) is 7.77. The van der Waals surface area contributed by atoms with Crippen LogP contribution in [0.2, 0.25) is 0 Å². The number of ether oxygens (including phenoxy) is 1. The van der Waals surface area contributed by atoms with Gasteiger partial charge >= 0.3 is 0 Å². The first-order valence-electron chi connectivity index (χ1n) is 7.75. The zero-order valence-corrected chi connectivity index (χ0v) is 14.7. The van der Waals surface area contributed by atoms with Crippen LogP contribution in [-0.2, 0) is 16.1 Å². The van der Waals surface area contributed by atoms with E-state index in [9.17, 15) is 4.79 Å². The predicted molar refractivity (Wildman–Crippen MR) is 91.6 cm³/mol. The van der Waals surface area contributed by atoms with Gasteiger partial charge in [0.1, 0.15) is 0 Å². The minimum atomic E-state index is 0. The van der Waals surface area contributed by atoms with E-state index in [2.05, 4.69) is 27.0 Å². The summed E-state index contributed by atoms with van der Waals surface area (Å²) in [6.45, 7) is 3.45. The van der Waals surface area contributed by atoms with Gasteiger partial charge in [0.2, 0.25) is 5.91 Å². The van der Waals surface area contributed by atoms with Crippen molar-refractivity contribution in [3.05, 3.63) is 22.4 Å². The molecule has 1 spiro atoms. The Morgan fingerprint density at radius 2 is 2.27 bits per heavy atom. The van der Waals surface area contributed by atoms with Crippen LogP contribution in [0.1, 0.15) is 31.2 Å². The monoisotopic (exact) mass is 344 g/mol. The van der Waals surface area contributed by atoms with Crippen molar-refractivity contribution in [3.63, 3.8) is 0 Å². The molecule has 1 atom stereocenters. The molecular weight excluding hydrogens is 320 g/mol. The van der Waals surface area contributed by atoms with E-state index in [0.29, 0.717) is 24.5 Å². The Labute approximate surface area is 142 Å². The van der Waals surface area contributed by atoms with Gasteiger partial charge < -0.3 is 15.0 Å². The molecule has 6 heteroatoms. The smallest absolute Gasteiger partial charge is 0.225 e. The Morgan fingerprint density at radius 1 is 1.50 bits per heavy atom. The lowest BCUT2D eigenvalue weighted by Crippen LogP contribution is -2.39. The van der Waals surface area contributed by atoms with Crippen LogP contribution in [0.4, 0.5) is 0 Å². The molecule has 2 aliphatic rings. The zero-order valence-electron chi connectivity index (χ0n) is 13.0. The normalized spacial score (nSPS) is 22.1. The number of methoxy groups -OCH3 is 1. The average Bonchev–Trinajstić information content (AvgIpc) is 2.95. The highest BCUT2D eigenvalue weighted by Gasteiger charge is 2.57. The van der Waals surface area contributed by atoms with Gasteiger partial charge in [0.05, 0.1) is 13.0 Å². The first-order valence-corrected chi connectivity index (χ1v) is 8.70. The average molecular weight is 345 g/mol. The fourth-order valence-corrected chi connectivity index (χ4v) is 4.17. The summed E-state index contributed by atoms with van der Waals surface area (Å²) >= 11 is 1.70. The highest BCUT2D eigenvalue weighted by atomic mass is 35.5. The molecule has 1 aromatic rings. The molecule has 1 aromatic heterocycles. The summed E-state index contributed by atoms with van der Waals surface area (Å²) in [5.74, 6) is 0.239. The van der Waals surface area contributed by atoms with Crippen LogP contribution in [0.25, 0.3) is 0 Å². The summed E-state index contributed by atoms with van der Waals surface area (Å²) in [5.41, 5.74) is 1.64. The number of nitrogens with one attached hydrogen (secondary N) is 1. The molecular formula is C16H25ClN2O2S. The molecule has 1 N–H and O–H groups in total. The number of hydrogen-bond donors (Lipinski definition) is 1. The third kappa shape index (κ3) is 3.82. The summed E-state index contributed by atoms with van der Waals surface area (Å²) in [6, 6.07) is 2.56. The molecule has 1 saturated heterocycles. The molecule has 124 valence electrons. The van der Waals surface area contributed by atoms with Crippen molar-refractivity contribution in [2.45, 2.75) is 38.3 Å². The number of halogens is 1. The van der Waals surface area contributed by atoms with Crippen molar-refractivity contribution in [2.75, 3.05) is 26.8 Å². The molecule has 1 aliphatic carbocycles. The Bertz CT molecular complexity index is 475. The molecule has 22 heavy (non-hydrogen) atoms. The first-order chi connectivity index (χ1) is 10.2. The van der Waals surface area contributed by atoms with E-state index in [-0.39, 0.29) is 18.3 Å². The maximum absolute atomic E-state index is 12.6. The summed E-state index contributed by atoms with van der Waals surface area (Å²) < 4.78 is 5.08. The Kier molecular flexibility index (Phi) is 6.26. The van der Waals surface area contributed by atoms with Crippen molar-refractivity contribution >= 4 is 29.7 Å². The number of amides is 1. The minimum Gasteiger partial charge on any atom is -0.384 e. The van der Waals surface area contributed by atoms with Gasteiger partial charge in [-0.15, -0.1) is 12.4 Å². The number of rotatable bonds is 6. The van der Waals surface area contributed by atoms with E-state index in [0.717, 1.165) is 19.6 Å². The molecule has 0 aromatic carbocycles. The molecule has 1 aliphatic heterocycles. The second-order valence-corrected chi connectivity index (χ2v) is 7.01. The van der Waals surface area contributed by atoms with Crippen molar-refractivity contribution in [1.29, 1.82) is 0 Å². The number of piperidine rings is 1. The Balaban J connectivity index is 0.00000176. The predicted octanol–water partition coefficient (Wildman–Crippen LogP) is 2.68. The van der Waals surface area contributed by atoms with Crippen LogP contribution in [-0.4, -0.2) is 43.7 Å². The van der Waals surface area contributed by atoms with Gasteiger partial charge in [-0.3, -0.25) is 4.79 Å². The number of carbonyl (C=O) groups is 1. The maximum Gasteiger partial charge on any atom is 0.225 e. The van der Waals surface area contributed by atoms with Gasteiger partial charge in [0, 0.05) is 19.7 Å². The van der Waals surface area contributed by atoms with Gasteiger partial charge in [0.15, 0.2) is 0 Å². The molecule has 4 nitrogen and oxygen atoms in total. The fraction of sp³-hybridized carbons (Fsp3) is 0.688. The lowest BCUT2D eigenvalue weighted by Gasteiger charge is -2.29. The minimum absolute atomic E-state index is 0. The van der Waals surface area contributed by atoms with Crippen LogP contribution in [0.15, 0.2) is 16.8 Å². The van der Waals surface area contributed by atoms with E-state index >= 15 is 0 Å². The lowest BCUT2D eigenvalue weighted by molar-refractivity contribution is -0.134. The SMILES string of the molecule is COCCC(=O)N(Cc1ccsc1)C1CC12CCNCC2.Cl. The fourth-order valence-electron chi connectivity index (χ4n) is 3.51. The number of carbonyl (C=O) groups excluding carboxylic acids is 1. The first kappa shape index (κ1) is 17.7. The number of thiophene rings is 1. The third-order valence-electron chi connectivity index (χ3n) is 4.90. The molecule has 3 rings (SSSR count). The standard InChI is InChI=1S/C16H24N2O2S.ClH/c1-20-8-2-15(19)18(11-13-3-9-21-12-13)14-10-16(14)4-6-17-7-5-16;/h3,9,12,14,17H,2,4-8,10-11H2,1H3;1H. The highest BCUT2D eigenvalue weighted by Crippen LogP contribution is 2.56. The van der Waals surface area contributed by atoms with Gasteiger partial charge in [-0.05, 0) is 60.2 Å². The summed E-state index contributed by atoms with van der Waals surface area (Å²) in [4.78, 5) is 14.7. The Hall–Kier alpha value is -0.620. The maximum atomic E-state index is 12.6. The molecule has 0 bridgehead atoms. The van der Waals surface area contributed by atoms with Gasteiger partial charge in [0.25, 0.3) is 0 Å². The van der Waals surface area contributed by atoms with Crippen molar-refractivity contribution in [3.8, 4) is 0 Å². The Morgan fingerprint density at radius 3 is 2.91 bits per heavy atom. The zero-order chi connectivity index (χ0) is 14.7. The van der Waals surface area contributed by atoms with Crippen molar-refractivity contribution < 1.29 is 9.53 Å². The van der Waals surface area contributed by atoms with E-state index in [1.165, 1.54) is 24.8 Å². The molecule has 1 unspecified atom stereocenters. The summed E-state index contributed by atoms with van der Waals surface area (Å²) in [6.07, 6.45) is 4.08. The van der Waals surface area contributed by atoms with Crippen LogP contribution in [0.5, 0.6) is 0 Å². The van der Waals surface area contributed by atoms with Gasteiger partial charge in [-0.2, -0.15) is 11.3 Å². The van der Waals surface area contributed by atoms with E-state index in [1.807, 2.05) is 0 Å².